The van der Waals surface area contributed by atoms with E-state index in [0.717, 1.165) is 24.3 Å². The molecule has 0 aromatic heterocycles. The molecule has 0 aliphatic carbocycles. The van der Waals surface area contributed by atoms with Gasteiger partial charge < -0.3 is 9.64 Å². The van der Waals surface area contributed by atoms with E-state index < -0.39 is 45.8 Å². The van der Waals surface area contributed by atoms with Crippen LogP contribution in [0, 0.1) is 0 Å². The van der Waals surface area contributed by atoms with E-state index >= 15 is 0 Å². The van der Waals surface area contributed by atoms with Crippen LogP contribution in [0.5, 0.6) is 11.5 Å². The Balaban J connectivity index is 1.49. The highest BCUT2D eigenvalue weighted by atomic mass is 32.2. The van der Waals surface area contributed by atoms with Crippen molar-refractivity contribution >= 4 is 15.9 Å². The summed E-state index contributed by atoms with van der Waals surface area (Å²) in [6.07, 6.45) is -4.02. The van der Waals surface area contributed by atoms with Crippen molar-refractivity contribution in [2.75, 3.05) is 19.6 Å². The molecule has 4 rings (SSSR count). The van der Waals surface area contributed by atoms with Crippen LogP contribution < -0.4 is 4.74 Å². The molecule has 1 saturated heterocycles. The Bertz CT molecular complexity index is 1200. The molecule has 0 bridgehead atoms. The van der Waals surface area contributed by atoms with E-state index in [4.69, 9.17) is 4.74 Å². The van der Waals surface area contributed by atoms with Gasteiger partial charge in [-0.25, -0.2) is 8.42 Å². The second kappa shape index (κ2) is 8.45. The zero-order valence-corrected chi connectivity index (χ0v) is 18.2. The molecule has 2 aromatic carbocycles. The van der Waals surface area contributed by atoms with Gasteiger partial charge in [-0.1, -0.05) is 6.07 Å². The molecule has 1 amide bonds. The van der Waals surface area contributed by atoms with Gasteiger partial charge in [0.05, 0.1) is 5.56 Å². The molecule has 2 aliphatic rings. The standard InChI is InChI=1S/C21H18F6N2O4S/c22-20(23,24)14-2-5-16(6-3-14)33-17-4-1-13-7-10-29(19(30)18(13)11-17)15-8-9-28(12-15)34(31,32)21(25,26)27/h1-6,11,15H,7-10,12H2. The number of amides is 1. The first-order valence-electron chi connectivity index (χ1n) is 10.1. The van der Waals surface area contributed by atoms with Crippen LogP contribution in [0.1, 0.15) is 27.9 Å². The maximum Gasteiger partial charge on any atom is 0.511 e. The molecular formula is C21H18F6N2O4S. The van der Waals surface area contributed by atoms with Crippen LogP contribution in [-0.4, -0.2) is 54.7 Å². The summed E-state index contributed by atoms with van der Waals surface area (Å²) < 4.78 is 106. The minimum Gasteiger partial charge on any atom is -0.457 e. The average Bonchev–Trinajstić information content (AvgIpc) is 3.24. The van der Waals surface area contributed by atoms with Gasteiger partial charge in [0, 0.05) is 31.2 Å². The molecule has 2 heterocycles. The monoisotopic (exact) mass is 508 g/mol. The summed E-state index contributed by atoms with van der Waals surface area (Å²) in [5, 5.41) is 0. The first-order valence-corrected chi connectivity index (χ1v) is 11.6. The normalized spacial score (nSPS) is 19.9. The lowest BCUT2D eigenvalue weighted by atomic mass is 9.97. The Morgan fingerprint density at radius 1 is 0.912 bits per heavy atom. The zero-order chi connectivity index (χ0) is 24.9. The molecule has 6 nitrogen and oxygen atoms in total. The third-order valence-corrected chi connectivity index (χ3v) is 7.41. The van der Waals surface area contributed by atoms with Crippen LogP contribution in [0.25, 0.3) is 0 Å². The van der Waals surface area contributed by atoms with Crippen molar-refractivity contribution in [2.24, 2.45) is 0 Å². The summed E-state index contributed by atoms with van der Waals surface area (Å²) in [7, 11) is -5.47. The summed E-state index contributed by atoms with van der Waals surface area (Å²) in [5.41, 5.74) is -5.33. The third-order valence-electron chi connectivity index (χ3n) is 5.81. The van der Waals surface area contributed by atoms with Crippen LogP contribution in [-0.2, 0) is 22.6 Å². The maximum atomic E-state index is 13.1. The van der Waals surface area contributed by atoms with Gasteiger partial charge in [0.1, 0.15) is 11.5 Å². The number of carbonyl (C=O) groups excluding carboxylic acids is 1. The second-order valence-electron chi connectivity index (χ2n) is 7.94. The zero-order valence-electron chi connectivity index (χ0n) is 17.4. The predicted molar refractivity (Wildman–Crippen MR) is 108 cm³/mol. The molecule has 0 N–H and O–H groups in total. The predicted octanol–water partition coefficient (Wildman–Crippen LogP) is 4.42. The summed E-state index contributed by atoms with van der Waals surface area (Å²) in [4.78, 5) is 14.4. The smallest absolute Gasteiger partial charge is 0.457 e. The molecule has 34 heavy (non-hydrogen) atoms. The third kappa shape index (κ3) is 4.58. The van der Waals surface area contributed by atoms with E-state index in [-0.39, 0.29) is 36.6 Å². The van der Waals surface area contributed by atoms with E-state index in [0.29, 0.717) is 16.3 Å². The van der Waals surface area contributed by atoms with Crippen molar-refractivity contribution in [1.82, 2.24) is 9.21 Å². The average molecular weight is 508 g/mol. The fraction of sp³-hybridized carbons (Fsp3) is 0.381. The van der Waals surface area contributed by atoms with Gasteiger partial charge in [0.15, 0.2) is 0 Å². The first kappa shape index (κ1) is 24.3. The molecule has 2 aromatic rings. The van der Waals surface area contributed by atoms with E-state index in [2.05, 4.69) is 0 Å². The number of nitrogens with zero attached hydrogens (tertiary/aromatic N) is 2. The van der Waals surface area contributed by atoms with Crippen LogP contribution in [0.3, 0.4) is 0 Å². The first-order chi connectivity index (χ1) is 15.8. The number of carbonyl (C=O) groups is 1. The fourth-order valence-corrected chi connectivity index (χ4v) is 5.07. The van der Waals surface area contributed by atoms with Crippen LogP contribution in [0.2, 0.25) is 0 Å². The number of sulfonamides is 1. The number of hydrogen-bond donors (Lipinski definition) is 0. The second-order valence-corrected chi connectivity index (χ2v) is 9.87. The van der Waals surface area contributed by atoms with Gasteiger partial charge in [-0.3, -0.25) is 4.79 Å². The van der Waals surface area contributed by atoms with E-state index in [1.54, 1.807) is 12.1 Å². The number of alkyl halides is 6. The maximum absolute atomic E-state index is 13.1. The van der Waals surface area contributed by atoms with Gasteiger partial charge in [-0.2, -0.15) is 30.6 Å². The molecule has 1 unspecified atom stereocenters. The molecule has 13 heteroatoms. The van der Waals surface area contributed by atoms with Gasteiger partial charge in [-0.05, 0) is 54.8 Å². The quantitative estimate of drug-likeness (QED) is 0.574. The number of ether oxygens (including phenoxy) is 1. The molecule has 1 atom stereocenters. The summed E-state index contributed by atoms with van der Waals surface area (Å²) in [6, 6.07) is 7.92. The largest absolute Gasteiger partial charge is 0.511 e. The van der Waals surface area contributed by atoms with E-state index in [1.165, 1.54) is 11.0 Å². The van der Waals surface area contributed by atoms with Crippen molar-refractivity contribution in [3.8, 4) is 11.5 Å². The fourth-order valence-electron chi connectivity index (χ4n) is 4.06. The van der Waals surface area contributed by atoms with Gasteiger partial charge in [0.25, 0.3) is 5.91 Å². The van der Waals surface area contributed by atoms with Crippen molar-refractivity contribution in [1.29, 1.82) is 0 Å². The lowest BCUT2D eigenvalue weighted by molar-refractivity contribution is -0.137. The molecular weight excluding hydrogens is 490 g/mol. The summed E-state index contributed by atoms with van der Waals surface area (Å²) >= 11 is 0. The highest BCUT2D eigenvalue weighted by Gasteiger charge is 2.52. The highest BCUT2D eigenvalue weighted by Crippen LogP contribution is 2.34. The number of benzene rings is 2. The number of hydrogen-bond acceptors (Lipinski definition) is 4. The molecule has 0 saturated carbocycles. The van der Waals surface area contributed by atoms with Gasteiger partial charge in [-0.15, -0.1) is 0 Å². The summed E-state index contributed by atoms with van der Waals surface area (Å²) in [5.74, 6) is -0.159. The lowest BCUT2D eigenvalue weighted by Crippen LogP contribution is -2.47. The molecule has 0 radical (unpaired) electrons. The van der Waals surface area contributed by atoms with Crippen molar-refractivity contribution < 1.29 is 44.3 Å². The molecule has 0 spiro atoms. The topological polar surface area (TPSA) is 66.9 Å². The highest BCUT2D eigenvalue weighted by molar-refractivity contribution is 7.90. The Labute approximate surface area is 190 Å². The Morgan fingerprint density at radius 3 is 2.18 bits per heavy atom. The van der Waals surface area contributed by atoms with E-state index in [9.17, 15) is 39.6 Å². The minimum atomic E-state index is -5.47. The van der Waals surface area contributed by atoms with Gasteiger partial charge in [0.2, 0.25) is 0 Å². The molecule has 184 valence electrons. The lowest BCUT2D eigenvalue weighted by Gasteiger charge is -2.33. The van der Waals surface area contributed by atoms with Crippen LogP contribution in [0.15, 0.2) is 42.5 Å². The Morgan fingerprint density at radius 2 is 1.56 bits per heavy atom. The van der Waals surface area contributed by atoms with E-state index in [1.807, 2.05) is 0 Å². The number of fused-ring (bicyclic) bond motifs is 1. The SMILES string of the molecule is O=C1c2cc(Oc3ccc(C(F)(F)F)cc3)ccc2CCN1C1CCN(S(=O)(=O)C(F)(F)F)C1. The summed E-state index contributed by atoms with van der Waals surface area (Å²) in [6.45, 7) is -0.583. The molecule has 1 fully saturated rings. The van der Waals surface area contributed by atoms with Gasteiger partial charge >= 0.3 is 21.7 Å². The van der Waals surface area contributed by atoms with Crippen molar-refractivity contribution in [3.05, 3.63) is 59.2 Å². The number of rotatable bonds is 4. The molecule has 2 aliphatic heterocycles. The number of halogens is 6. The van der Waals surface area contributed by atoms with Crippen molar-refractivity contribution in [3.63, 3.8) is 0 Å². The van der Waals surface area contributed by atoms with Crippen LogP contribution in [0.4, 0.5) is 26.3 Å². The van der Waals surface area contributed by atoms with Crippen molar-refractivity contribution in [2.45, 2.75) is 30.6 Å². The minimum absolute atomic E-state index is 0.0676. The van der Waals surface area contributed by atoms with Crippen LogP contribution >= 0.6 is 0 Å². The Kier molecular flexibility index (Phi) is 6.05. The Hall–Kier alpha value is -2.80.